The first-order valence-electron chi connectivity index (χ1n) is 6.55. The molecule has 3 nitrogen and oxygen atoms in total. The maximum absolute atomic E-state index is 12.5. The summed E-state index contributed by atoms with van der Waals surface area (Å²) in [5, 5.41) is 3.77. The number of rotatable bonds is 5. The molecule has 0 spiro atoms. The highest BCUT2D eigenvalue weighted by Gasteiger charge is 2.31. The number of aromatic nitrogens is 1. The van der Waals surface area contributed by atoms with Gasteiger partial charge in [-0.3, -0.25) is 0 Å². The summed E-state index contributed by atoms with van der Waals surface area (Å²) in [4.78, 5) is 6.52. The van der Waals surface area contributed by atoms with Crippen LogP contribution in [0.1, 0.15) is 38.3 Å². The Morgan fingerprint density at radius 3 is 2.30 bits per heavy atom. The van der Waals surface area contributed by atoms with Gasteiger partial charge in [-0.25, -0.2) is 4.98 Å². The molecule has 0 unspecified atom stereocenters. The average molecular weight is 309 g/mol. The van der Waals surface area contributed by atoms with Crippen LogP contribution in [0.2, 0.25) is 0 Å². The Morgan fingerprint density at radius 1 is 1.25 bits per heavy atom. The van der Waals surface area contributed by atoms with Crippen LogP contribution in [0.25, 0.3) is 0 Å². The topological polar surface area (TPSA) is 28.2 Å². The van der Waals surface area contributed by atoms with Gasteiger partial charge in [0.15, 0.2) is 5.13 Å². The molecule has 0 aliphatic heterocycles. The first-order valence-corrected chi connectivity index (χ1v) is 7.36. The van der Waals surface area contributed by atoms with E-state index in [2.05, 4.69) is 10.3 Å². The second kappa shape index (κ2) is 6.30. The Bertz CT molecular complexity index is 435. The van der Waals surface area contributed by atoms with Crippen LogP contribution in [0.3, 0.4) is 0 Å². The molecular weight excluding hydrogens is 287 g/mol. The van der Waals surface area contributed by atoms with E-state index in [9.17, 15) is 13.2 Å². The molecular formula is C13H22F3N3S. The summed E-state index contributed by atoms with van der Waals surface area (Å²) >= 11 is 1.33. The molecule has 0 aromatic carbocycles. The van der Waals surface area contributed by atoms with Gasteiger partial charge < -0.3 is 10.2 Å². The summed E-state index contributed by atoms with van der Waals surface area (Å²) in [6, 6.07) is 0. The Hall–Kier alpha value is -0.820. The van der Waals surface area contributed by atoms with E-state index >= 15 is 0 Å². The summed E-state index contributed by atoms with van der Waals surface area (Å²) in [5.41, 5.74) is 0.759. The second-order valence-corrected chi connectivity index (χ2v) is 6.80. The third-order valence-corrected chi connectivity index (χ3v) is 3.90. The van der Waals surface area contributed by atoms with Gasteiger partial charge in [-0.15, -0.1) is 11.3 Å². The molecule has 0 aliphatic rings. The molecule has 0 bridgehead atoms. The lowest BCUT2D eigenvalue weighted by molar-refractivity contribution is -0.119. The number of nitrogens with one attached hydrogen (secondary N) is 1. The first-order chi connectivity index (χ1) is 9.02. The molecule has 1 aromatic rings. The van der Waals surface area contributed by atoms with Crippen molar-refractivity contribution in [2.45, 2.75) is 52.9 Å². The molecule has 0 amide bonds. The van der Waals surface area contributed by atoms with Crippen molar-refractivity contribution in [1.82, 2.24) is 10.3 Å². The number of hydrogen-bond acceptors (Lipinski definition) is 4. The summed E-state index contributed by atoms with van der Waals surface area (Å²) in [6.45, 7) is 9.64. The molecule has 1 rings (SSSR count). The van der Waals surface area contributed by atoms with Crippen molar-refractivity contribution >= 4 is 16.5 Å². The largest absolute Gasteiger partial charge is 0.406 e. The maximum Gasteiger partial charge on any atom is 0.406 e. The van der Waals surface area contributed by atoms with Gasteiger partial charge in [0.05, 0.1) is 5.69 Å². The smallest absolute Gasteiger partial charge is 0.339 e. The van der Waals surface area contributed by atoms with Crippen LogP contribution in [-0.2, 0) is 6.54 Å². The third kappa shape index (κ3) is 5.66. The number of alkyl halides is 3. The third-order valence-electron chi connectivity index (χ3n) is 2.68. The minimum Gasteiger partial charge on any atom is -0.339 e. The van der Waals surface area contributed by atoms with Gasteiger partial charge >= 0.3 is 6.18 Å². The number of thiazole rings is 1. The molecule has 0 radical (unpaired) electrons. The Morgan fingerprint density at radius 2 is 1.85 bits per heavy atom. The molecule has 1 heterocycles. The molecule has 7 heteroatoms. The van der Waals surface area contributed by atoms with E-state index in [1.165, 1.54) is 16.2 Å². The molecule has 1 N–H and O–H groups in total. The van der Waals surface area contributed by atoms with Gasteiger partial charge in [-0.1, -0.05) is 0 Å². The highest BCUT2D eigenvalue weighted by Crippen LogP contribution is 2.29. The van der Waals surface area contributed by atoms with E-state index < -0.39 is 12.7 Å². The van der Waals surface area contributed by atoms with Crippen LogP contribution in [0.4, 0.5) is 18.3 Å². The SMILES string of the molecule is CCN(CC(F)(F)F)c1nc(C)c(CNC(C)(C)C)s1. The fourth-order valence-corrected chi connectivity index (χ4v) is 2.65. The fourth-order valence-electron chi connectivity index (χ4n) is 1.59. The molecule has 20 heavy (non-hydrogen) atoms. The number of halogens is 3. The van der Waals surface area contributed by atoms with Gasteiger partial charge in [0.1, 0.15) is 6.54 Å². The summed E-state index contributed by atoms with van der Waals surface area (Å²) in [7, 11) is 0. The zero-order valence-electron chi connectivity index (χ0n) is 12.6. The molecule has 0 saturated heterocycles. The highest BCUT2D eigenvalue weighted by molar-refractivity contribution is 7.15. The van der Waals surface area contributed by atoms with Gasteiger partial charge in [0, 0.05) is 23.5 Å². The molecule has 116 valence electrons. The highest BCUT2D eigenvalue weighted by atomic mass is 32.1. The molecule has 1 aromatic heterocycles. The minimum atomic E-state index is -4.21. The van der Waals surface area contributed by atoms with Crippen LogP contribution >= 0.6 is 11.3 Å². The Balaban J connectivity index is 2.82. The van der Waals surface area contributed by atoms with Crippen LogP contribution < -0.4 is 10.2 Å². The number of aryl methyl sites for hydroxylation is 1. The van der Waals surface area contributed by atoms with Crippen molar-refractivity contribution < 1.29 is 13.2 Å². The molecule has 0 saturated carbocycles. The Kier molecular flexibility index (Phi) is 5.43. The lowest BCUT2D eigenvalue weighted by Gasteiger charge is -2.21. The van der Waals surface area contributed by atoms with Gasteiger partial charge in [-0.2, -0.15) is 13.2 Å². The lowest BCUT2D eigenvalue weighted by atomic mass is 10.1. The number of anilines is 1. The van der Waals surface area contributed by atoms with E-state index in [-0.39, 0.29) is 5.54 Å². The molecule has 0 fully saturated rings. The average Bonchev–Trinajstić information content (AvgIpc) is 2.62. The van der Waals surface area contributed by atoms with Gasteiger partial charge in [0.2, 0.25) is 0 Å². The van der Waals surface area contributed by atoms with E-state index in [4.69, 9.17) is 0 Å². The van der Waals surface area contributed by atoms with Crippen molar-refractivity contribution in [3.63, 3.8) is 0 Å². The number of hydrogen-bond donors (Lipinski definition) is 1. The van der Waals surface area contributed by atoms with Crippen LogP contribution in [0, 0.1) is 6.92 Å². The van der Waals surface area contributed by atoms with Gasteiger partial charge in [-0.05, 0) is 34.6 Å². The maximum atomic E-state index is 12.5. The van der Waals surface area contributed by atoms with Crippen molar-refractivity contribution in [2.75, 3.05) is 18.0 Å². The van der Waals surface area contributed by atoms with E-state index in [0.717, 1.165) is 10.6 Å². The van der Waals surface area contributed by atoms with E-state index in [0.29, 0.717) is 18.2 Å². The van der Waals surface area contributed by atoms with Crippen molar-refractivity contribution in [3.05, 3.63) is 10.6 Å². The van der Waals surface area contributed by atoms with Crippen LogP contribution in [0.15, 0.2) is 0 Å². The second-order valence-electron chi connectivity index (χ2n) is 5.74. The summed E-state index contributed by atoms with van der Waals surface area (Å²) in [6.07, 6.45) is -4.21. The fraction of sp³-hybridized carbons (Fsp3) is 0.769. The minimum absolute atomic E-state index is 0.0347. The first kappa shape index (κ1) is 17.2. The lowest BCUT2D eigenvalue weighted by Crippen LogP contribution is -2.35. The predicted molar refractivity (Wildman–Crippen MR) is 77.4 cm³/mol. The normalized spacial score (nSPS) is 12.8. The van der Waals surface area contributed by atoms with Gasteiger partial charge in [0.25, 0.3) is 0 Å². The zero-order valence-corrected chi connectivity index (χ0v) is 13.4. The standard InChI is InChI=1S/C13H22F3N3S/c1-6-19(8-13(14,15)16)11-18-9(2)10(20-11)7-17-12(3,4)5/h17H,6-8H2,1-5H3. The zero-order chi connectivity index (χ0) is 15.6. The predicted octanol–water partition coefficient (Wildman–Crippen LogP) is 3.73. The van der Waals surface area contributed by atoms with E-state index in [1.54, 1.807) is 6.92 Å². The monoisotopic (exact) mass is 309 g/mol. The van der Waals surface area contributed by atoms with Crippen molar-refractivity contribution in [1.29, 1.82) is 0 Å². The molecule has 0 atom stereocenters. The van der Waals surface area contributed by atoms with Crippen molar-refractivity contribution in [2.24, 2.45) is 0 Å². The quantitative estimate of drug-likeness (QED) is 0.898. The summed E-state index contributed by atoms with van der Waals surface area (Å²) < 4.78 is 37.5. The van der Waals surface area contributed by atoms with Crippen LogP contribution in [-0.4, -0.2) is 29.8 Å². The number of nitrogens with zero attached hydrogens (tertiary/aromatic N) is 2. The van der Waals surface area contributed by atoms with Crippen LogP contribution in [0.5, 0.6) is 0 Å². The summed E-state index contributed by atoms with van der Waals surface area (Å²) in [5.74, 6) is 0. The molecule has 0 aliphatic carbocycles. The van der Waals surface area contributed by atoms with Crippen molar-refractivity contribution in [3.8, 4) is 0 Å². The Labute approximate surface area is 122 Å². The van der Waals surface area contributed by atoms with E-state index in [1.807, 2.05) is 27.7 Å².